The first-order valence-corrected chi connectivity index (χ1v) is 18.2. The van der Waals surface area contributed by atoms with Gasteiger partial charge in [-0.05, 0) is 108 Å². The summed E-state index contributed by atoms with van der Waals surface area (Å²) in [5.74, 6) is 0. The first-order valence-electron chi connectivity index (χ1n) is 18.2. The molecule has 3 heteroatoms. The lowest BCUT2D eigenvalue weighted by Crippen LogP contribution is -2.12. The van der Waals surface area contributed by atoms with Crippen LogP contribution in [-0.4, -0.2) is 4.57 Å². The van der Waals surface area contributed by atoms with E-state index in [0.717, 1.165) is 55.8 Å². The zero-order valence-electron chi connectivity index (χ0n) is 29.6. The normalized spacial score (nSPS) is 11.6. The van der Waals surface area contributed by atoms with Crippen molar-refractivity contribution in [3.8, 4) is 27.9 Å². The molecule has 0 atom stereocenters. The zero-order chi connectivity index (χ0) is 35.5. The van der Waals surface area contributed by atoms with Crippen LogP contribution in [0.25, 0.3) is 71.7 Å². The summed E-state index contributed by atoms with van der Waals surface area (Å²) in [6, 6.07) is 65.4. The lowest BCUT2D eigenvalue weighted by Gasteiger charge is -2.28. The second-order valence-electron chi connectivity index (χ2n) is 13.9. The molecule has 0 aliphatic carbocycles. The third kappa shape index (κ3) is 5.20. The molecule has 0 aliphatic heterocycles. The van der Waals surface area contributed by atoms with Crippen molar-refractivity contribution in [2.45, 2.75) is 13.8 Å². The molecule has 8 aromatic carbocycles. The summed E-state index contributed by atoms with van der Waals surface area (Å²) in [5.41, 5.74) is 15.5. The summed E-state index contributed by atoms with van der Waals surface area (Å²) in [5, 5.41) is 4.69. The number of anilines is 3. The minimum atomic E-state index is 0.880. The van der Waals surface area contributed by atoms with Crippen molar-refractivity contribution in [2.24, 2.45) is 0 Å². The molecule has 0 unspecified atom stereocenters. The number of hydrogen-bond acceptors (Lipinski definition) is 2. The molecule has 252 valence electrons. The monoisotopic (exact) mass is 680 g/mol. The molecule has 0 radical (unpaired) electrons. The number of aryl methyl sites for hydroxylation is 2. The number of aromatic nitrogens is 1. The molecule has 53 heavy (non-hydrogen) atoms. The quantitative estimate of drug-likeness (QED) is 0.174. The number of rotatable bonds is 6. The summed E-state index contributed by atoms with van der Waals surface area (Å²) in [4.78, 5) is 2.40. The summed E-state index contributed by atoms with van der Waals surface area (Å²) in [7, 11) is 0. The Morgan fingerprint density at radius 3 is 1.89 bits per heavy atom. The number of benzene rings is 8. The highest BCUT2D eigenvalue weighted by Gasteiger charge is 2.22. The first kappa shape index (κ1) is 30.9. The molecule has 2 heterocycles. The van der Waals surface area contributed by atoms with Crippen molar-refractivity contribution in [3.63, 3.8) is 0 Å². The molecule has 0 amide bonds. The van der Waals surface area contributed by atoms with E-state index in [1.165, 1.54) is 44.1 Å². The van der Waals surface area contributed by atoms with Crippen LogP contribution < -0.4 is 4.90 Å². The third-order valence-corrected chi connectivity index (χ3v) is 10.5. The Balaban J connectivity index is 1.22. The Labute approximate surface area is 308 Å². The van der Waals surface area contributed by atoms with Crippen LogP contribution in [0.15, 0.2) is 186 Å². The molecule has 10 aromatic rings. The summed E-state index contributed by atoms with van der Waals surface area (Å²) in [6.07, 6.45) is 0. The highest BCUT2D eigenvalue weighted by atomic mass is 16.3. The van der Waals surface area contributed by atoms with Crippen LogP contribution in [-0.2, 0) is 0 Å². The molecule has 2 aromatic heterocycles. The smallest absolute Gasteiger partial charge is 0.143 e. The predicted molar refractivity (Wildman–Crippen MR) is 223 cm³/mol. The van der Waals surface area contributed by atoms with Gasteiger partial charge in [0.1, 0.15) is 11.2 Å². The molecule has 10 rings (SSSR count). The largest absolute Gasteiger partial charge is 0.455 e. The van der Waals surface area contributed by atoms with E-state index in [0.29, 0.717) is 0 Å². The molecule has 0 aliphatic rings. The highest BCUT2D eigenvalue weighted by molar-refractivity contribution is 6.12. The van der Waals surface area contributed by atoms with Gasteiger partial charge >= 0.3 is 0 Å². The van der Waals surface area contributed by atoms with Crippen LogP contribution in [0.1, 0.15) is 11.1 Å². The molecule has 0 fully saturated rings. The van der Waals surface area contributed by atoms with Gasteiger partial charge in [-0.15, -0.1) is 0 Å². The van der Waals surface area contributed by atoms with E-state index in [1.807, 2.05) is 6.07 Å². The SMILES string of the molecule is Cc1cccc(N(c2cc(-c3cccc(-n4c5ccccc5c5ccccc54)c3)c3oc4ccccc4c3c2)c2ccc(-c3ccccc3)cc2C)c1. The van der Waals surface area contributed by atoms with Crippen LogP contribution >= 0.6 is 0 Å². The second kappa shape index (κ2) is 12.4. The maximum Gasteiger partial charge on any atom is 0.143 e. The van der Waals surface area contributed by atoms with E-state index in [1.54, 1.807) is 0 Å². The lowest BCUT2D eigenvalue weighted by atomic mass is 9.98. The van der Waals surface area contributed by atoms with Crippen LogP contribution in [0, 0.1) is 13.8 Å². The number of hydrogen-bond donors (Lipinski definition) is 0. The molecule has 3 nitrogen and oxygen atoms in total. The van der Waals surface area contributed by atoms with E-state index in [9.17, 15) is 0 Å². The number of fused-ring (bicyclic) bond motifs is 6. The number of para-hydroxylation sites is 3. The van der Waals surface area contributed by atoms with Crippen LogP contribution in [0.5, 0.6) is 0 Å². The fraction of sp³-hybridized carbons (Fsp3) is 0.0400. The average molecular weight is 681 g/mol. The Hall–Kier alpha value is -6.84. The summed E-state index contributed by atoms with van der Waals surface area (Å²) >= 11 is 0. The van der Waals surface area contributed by atoms with E-state index >= 15 is 0 Å². The second-order valence-corrected chi connectivity index (χ2v) is 13.9. The van der Waals surface area contributed by atoms with Gasteiger partial charge in [-0.25, -0.2) is 0 Å². The molecule has 0 spiro atoms. The number of nitrogens with zero attached hydrogens (tertiary/aromatic N) is 2. The van der Waals surface area contributed by atoms with E-state index < -0.39 is 0 Å². The van der Waals surface area contributed by atoms with Crippen LogP contribution in [0.4, 0.5) is 17.1 Å². The molecule has 0 saturated heterocycles. The Kier molecular flexibility index (Phi) is 7.26. The Morgan fingerprint density at radius 1 is 0.453 bits per heavy atom. The van der Waals surface area contributed by atoms with Gasteiger partial charge in [0.25, 0.3) is 0 Å². The minimum absolute atomic E-state index is 0.880. The maximum atomic E-state index is 6.74. The fourth-order valence-electron chi connectivity index (χ4n) is 8.08. The van der Waals surface area contributed by atoms with Crippen molar-refractivity contribution in [3.05, 3.63) is 193 Å². The van der Waals surface area contributed by atoms with Gasteiger partial charge in [0.05, 0.1) is 11.0 Å². The van der Waals surface area contributed by atoms with Gasteiger partial charge in [-0.2, -0.15) is 0 Å². The highest BCUT2D eigenvalue weighted by Crippen LogP contribution is 2.45. The van der Waals surface area contributed by atoms with Crippen molar-refractivity contribution >= 4 is 60.8 Å². The lowest BCUT2D eigenvalue weighted by molar-refractivity contribution is 0.670. The van der Waals surface area contributed by atoms with Gasteiger partial charge in [0.15, 0.2) is 0 Å². The van der Waals surface area contributed by atoms with Gasteiger partial charge in [-0.1, -0.05) is 115 Å². The van der Waals surface area contributed by atoms with Crippen molar-refractivity contribution in [1.82, 2.24) is 4.57 Å². The van der Waals surface area contributed by atoms with E-state index in [2.05, 4.69) is 199 Å². The Bertz CT molecular complexity index is 2930. The topological polar surface area (TPSA) is 21.3 Å². The molecule has 0 N–H and O–H groups in total. The van der Waals surface area contributed by atoms with Gasteiger partial charge in [0.2, 0.25) is 0 Å². The van der Waals surface area contributed by atoms with Gasteiger partial charge in [0, 0.05) is 49.9 Å². The van der Waals surface area contributed by atoms with Crippen molar-refractivity contribution in [2.75, 3.05) is 4.90 Å². The standard InChI is InChI=1S/C50H36N2O/c1-33-14-12-18-38(28-33)51(46-27-26-36(29-34(46)2)35-15-4-3-5-16-35)40-31-44(50-45(32-40)43-22-8-11-25-49(43)53-50)37-17-13-19-39(30-37)52-47-23-9-6-20-41(47)42-21-7-10-24-48(42)52/h3-32H,1-2H3. The predicted octanol–water partition coefficient (Wildman–Crippen LogP) is 14.1. The maximum absolute atomic E-state index is 6.74. The molecule has 0 bridgehead atoms. The van der Waals surface area contributed by atoms with Gasteiger partial charge < -0.3 is 13.9 Å². The molecule has 0 saturated carbocycles. The first-order chi connectivity index (χ1) is 26.1. The number of furan rings is 1. The molecular weight excluding hydrogens is 645 g/mol. The average Bonchev–Trinajstić information content (AvgIpc) is 3.75. The van der Waals surface area contributed by atoms with Crippen LogP contribution in [0.3, 0.4) is 0 Å². The zero-order valence-corrected chi connectivity index (χ0v) is 29.6. The van der Waals surface area contributed by atoms with E-state index in [-0.39, 0.29) is 0 Å². The summed E-state index contributed by atoms with van der Waals surface area (Å²) < 4.78 is 9.12. The van der Waals surface area contributed by atoms with E-state index in [4.69, 9.17) is 4.42 Å². The van der Waals surface area contributed by atoms with Gasteiger partial charge in [-0.3, -0.25) is 0 Å². The van der Waals surface area contributed by atoms with Crippen molar-refractivity contribution < 1.29 is 4.42 Å². The van der Waals surface area contributed by atoms with Crippen molar-refractivity contribution in [1.29, 1.82) is 0 Å². The third-order valence-electron chi connectivity index (χ3n) is 10.5. The minimum Gasteiger partial charge on any atom is -0.455 e. The summed E-state index contributed by atoms with van der Waals surface area (Å²) in [6.45, 7) is 4.37. The fourth-order valence-corrected chi connectivity index (χ4v) is 8.08. The van der Waals surface area contributed by atoms with Crippen LogP contribution in [0.2, 0.25) is 0 Å². The Morgan fingerprint density at radius 2 is 1.13 bits per heavy atom. The molecular formula is C50H36N2O.